The molecule has 0 aliphatic rings. The summed E-state index contributed by atoms with van der Waals surface area (Å²) < 4.78 is 1.88. The van der Waals surface area contributed by atoms with Gasteiger partial charge in [-0.1, -0.05) is 53.5 Å². The highest BCUT2D eigenvalue weighted by Gasteiger charge is 2.21. The molecule has 1 amide bonds. The molecule has 1 N–H and O–H groups in total. The van der Waals surface area contributed by atoms with Crippen molar-refractivity contribution in [1.29, 1.82) is 0 Å². The molecule has 3 aromatic rings. The molecule has 4 nitrogen and oxygen atoms in total. The molecule has 1 aromatic heterocycles. The van der Waals surface area contributed by atoms with Crippen LogP contribution in [0.4, 0.5) is 0 Å². The molecule has 3 rings (SSSR count). The van der Waals surface area contributed by atoms with Crippen LogP contribution in [0.1, 0.15) is 27.8 Å². The maximum absolute atomic E-state index is 12.7. The van der Waals surface area contributed by atoms with Crippen LogP contribution in [-0.4, -0.2) is 15.5 Å². The van der Waals surface area contributed by atoms with E-state index in [4.69, 9.17) is 23.2 Å². The summed E-state index contributed by atoms with van der Waals surface area (Å²) in [6, 6.07) is 14.1. The molecule has 0 saturated carbocycles. The lowest BCUT2D eigenvalue weighted by Gasteiger charge is -2.19. The minimum absolute atomic E-state index is 0.267. The number of nitrogens with one attached hydrogen (secondary N) is 1. The van der Waals surface area contributed by atoms with Gasteiger partial charge in [0.15, 0.2) is 0 Å². The number of aryl methyl sites for hydroxylation is 1. The molecule has 122 valence electrons. The number of nitrogens with zero attached hydrogens (tertiary/aromatic N) is 2. The highest BCUT2D eigenvalue weighted by Crippen LogP contribution is 2.23. The Morgan fingerprint density at radius 3 is 2.38 bits per heavy atom. The zero-order valence-electron chi connectivity index (χ0n) is 12.9. The van der Waals surface area contributed by atoms with Gasteiger partial charge in [0.1, 0.15) is 11.9 Å². The Hall–Kier alpha value is -2.30. The maximum Gasteiger partial charge on any atom is 0.252 e. The lowest BCUT2D eigenvalue weighted by Crippen LogP contribution is -2.31. The summed E-state index contributed by atoms with van der Waals surface area (Å²) in [6.45, 7) is 0. The van der Waals surface area contributed by atoms with Crippen molar-refractivity contribution in [2.75, 3.05) is 0 Å². The van der Waals surface area contributed by atoms with Crippen LogP contribution in [0, 0.1) is 0 Å². The van der Waals surface area contributed by atoms with Crippen molar-refractivity contribution in [3.8, 4) is 0 Å². The lowest BCUT2D eigenvalue weighted by molar-refractivity contribution is 0.0941. The van der Waals surface area contributed by atoms with Gasteiger partial charge in [0.05, 0.1) is 0 Å². The topological polar surface area (TPSA) is 46.9 Å². The van der Waals surface area contributed by atoms with Crippen LogP contribution in [0.5, 0.6) is 0 Å². The molecule has 0 spiro atoms. The Morgan fingerprint density at radius 1 is 1.12 bits per heavy atom. The Morgan fingerprint density at radius 2 is 1.79 bits per heavy atom. The van der Waals surface area contributed by atoms with E-state index in [1.165, 1.54) is 0 Å². The van der Waals surface area contributed by atoms with Gasteiger partial charge in [0.25, 0.3) is 5.91 Å². The van der Waals surface area contributed by atoms with E-state index in [1.807, 2.05) is 48.1 Å². The number of carbonyl (C=O) groups is 1. The van der Waals surface area contributed by atoms with Crippen molar-refractivity contribution in [2.45, 2.75) is 6.04 Å². The third-order valence-electron chi connectivity index (χ3n) is 3.65. The van der Waals surface area contributed by atoms with Crippen molar-refractivity contribution in [3.05, 3.63) is 87.9 Å². The molecule has 0 bridgehead atoms. The highest BCUT2D eigenvalue weighted by atomic mass is 35.5. The van der Waals surface area contributed by atoms with Gasteiger partial charge in [0.2, 0.25) is 0 Å². The molecule has 0 saturated heterocycles. The fourth-order valence-corrected chi connectivity index (χ4v) is 3.02. The zero-order valence-corrected chi connectivity index (χ0v) is 14.4. The second kappa shape index (κ2) is 7.07. The number of rotatable bonds is 4. The number of benzene rings is 2. The molecular weight excluding hydrogens is 345 g/mol. The second-order valence-corrected chi connectivity index (χ2v) is 6.24. The van der Waals surface area contributed by atoms with E-state index in [0.29, 0.717) is 15.6 Å². The average molecular weight is 360 g/mol. The minimum atomic E-state index is -0.378. The summed E-state index contributed by atoms with van der Waals surface area (Å²) >= 11 is 12.0. The number of carbonyl (C=O) groups excluding carboxylic acids is 1. The van der Waals surface area contributed by atoms with Crippen LogP contribution in [0.15, 0.2) is 60.9 Å². The first-order valence-corrected chi connectivity index (χ1v) is 8.09. The Bertz CT molecular complexity index is 841. The minimum Gasteiger partial charge on any atom is -0.338 e. The molecule has 0 radical (unpaired) electrons. The largest absolute Gasteiger partial charge is 0.338 e. The van der Waals surface area contributed by atoms with Crippen LogP contribution in [0.2, 0.25) is 10.0 Å². The molecule has 0 aliphatic heterocycles. The quantitative estimate of drug-likeness (QED) is 0.756. The standard InChI is InChI=1S/C18H15Cl2N3O/c1-23-8-7-21-17(23)16(12-5-3-2-4-6-12)22-18(24)13-9-14(19)11-15(20)10-13/h2-11,16H,1H3,(H,22,24). The molecule has 1 unspecified atom stereocenters. The fourth-order valence-electron chi connectivity index (χ4n) is 2.50. The number of hydrogen-bond donors (Lipinski definition) is 1. The van der Waals surface area contributed by atoms with Gasteiger partial charge in [-0.25, -0.2) is 4.98 Å². The van der Waals surface area contributed by atoms with Crippen molar-refractivity contribution in [2.24, 2.45) is 7.05 Å². The summed E-state index contributed by atoms with van der Waals surface area (Å²) in [4.78, 5) is 17.0. The summed E-state index contributed by atoms with van der Waals surface area (Å²) in [6.07, 6.45) is 3.54. The van der Waals surface area contributed by atoms with E-state index >= 15 is 0 Å². The average Bonchev–Trinajstić information content (AvgIpc) is 2.98. The summed E-state index contributed by atoms with van der Waals surface area (Å²) in [5.41, 5.74) is 1.34. The molecule has 0 aliphatic carbocycles. The van der Waals surface area contributed by atoms with Gasteiger partial charge in [-0.3, -0.25) is 4.79 Å². The Balaban J connectivity index is 1.95. The SMILES string of the molecule is Cn1ccnc1C(NC(=O)c1cc(Cl)cc(Cl)c1)c1ccccc1. The van der Waals surface area contributed by atoms with Gasteiger partial charge in [-0.2, -0.15) is 0 Å². The number of halogens is 2. The first kappa shape index (κ1) is 16.6. The van der Waals surface area contributed by atoms with E-state index in [2.05, 4.69) is 10.3 Å². The zero-order chi connectivity index (χ0) is 17.1. The Kier molecular flexibility index (Phi) is 4.88. The monoisotopic (exact) mass is 359 g/mol. The summed E-state index contributed by atoms with van der Waals surface area (Å²) in [5, 5.41) is 3.84. The molecule has 0 fully saturated rings. The number of hydrogen-bond acceptors (Lipinski definition) is 2. The van der Waals surface area contributed by atoms with Crippen molar-refractivity contribution >= 4 is 29.1 Å². The van der Waals surface area contributed by atoms with Crippen molar-refractivity contribution < 1.29 is 4.79 Å². The van der Waals surface area contributed by atoms with Crippen LogP contribution >= 0.6 is 23.2 Å². The van der Waals surface area contributed by atoms with Gasteiger partial charge >= 0.3 is 0 Å². The molecule has 2 aromatic carbocycles. The molecule has 6 heteroatoms. The van der Waals surface area contributed by atoms with Gasteiger partial charge in [0, 0.05) is 35.1 Å². The molecule has 24 heavy (non-hydrogen) atoms. The number of amides is 1. The number of aromatic nitrogens is 2. The van der Waals surface area contributed by atoms with E-state index in [-0.39, 0.29) is 11.9 Å². The fraction of sp³-hybridized carbons (Fsp3) is 0.111. The van der Waals surface area contributed by atoms with E-state index in [9.17, 15) is 4.79 Å². The maximum atomic E-state index is 12.7. The molecular formula is C18H15Cl2N3O. The predicted molar refractivity (Wildman–Crippen MR) is 95.4 cm³/mol. The molecule has 1 atom stereocenters. The predicted octanol–water partition coefficient (Wildman–Crippen LogP) is 4.25. The van der Waals surface area contributed by atoms with Crippen LogP contribution in [0.25, 0.3) is 0 Å². The molecule has 1 heterocycles. The van der Waals surface area contributed by atoms with Crippen LogP contribution in [-0.2, 0) is 7.05 Å². The van der Waals surface area contributed by atoms with Crippen LogP contribution in [0.3, 0.4) is 0 Å². The normalized spacial score (nSPS) is 12.0. The van der Waals surface area contributed by atoms with Crippen molar-refractivity contribution in [3.63, 3.8) is 0 Å². The third-order valence-corrected chi connectivity index (χ3v) is 4.09. The first-order chi connectivity index (χ1) is 11.5. The van der Waals surface area contributed by atoms with Gasteiger partial charge in [-0.05, 0) is 23.8 Å². The second-order valence-electron chi connectivity index (χ2n) is 5.37. The van der Waals surface area contributed by atoms with Crippen LogP contribution < -0.4 is 5.32 Å². The van der Waals surface area contributed by atoms with Crippen molar-refractivity contribution in [1.82, 2.24) is 14.9 Å². The highest BCUT2D eigenvalue weighted by molar-refractivity contribution is 6.35. The van der Waals surface area contributed by atoms with Gasteiger partial charge in [-0.15, -0.1) is 0 Å². The van der Waals surface area contributed by atoms with Gasteiger partial charge < -0.3 is 9.88 Å². The Labute approximate surface area is 150 Å². The first-order valence-electron chi connectivity index (χ1n) is 7.34. The lowest BCUT2D eigenvalue weighted by atomic mass is 10.1. The van der Waals surface area contributed by atoms with E-state index in [0.717, 1.165) is 11.4 Å². The van der Waals surface area contributed by atoms with E-state index in [1.54, 1.807) is 24.4 Å². The summed E-state index contributed by atoms with van der Waals surface area (Å²) in [5.74, 6) is 0.471. The smallest absolute Gasteiger partial charge is 0.252 e. The third kappa shape index (κ3) is 3.61. The summed E-state index contributed by atoms with van der Waals surface area (Å²) in [7, 11) is 1.89. The number of imidazole rings is 1. The van der Waals surface area contributed by atoms with E-state index < -0.39 is 0 Å².